The largest absolute Gasteiger partial charge is 0.493 e. The zero-order chi connectivity index (χ0) is 21.0. The number of hydrogen-bond donors (Lipinski definition) is 1. The lowest BCUT2D eigenvalue weighted by molar-refractivity contribution is 0.0601. The first-order chi connectivity index (χ1) is 14.0. The van der Waals surface area contributed by atoms with E-state index in [1.165, 1.54) is 33.5 Å². The Hall–Kier alpha value is -3.13. The maximum absolute atomic E-state index is 13.1. The van der Waals surface area contributed by atoms with Crippen molar-refractivity contribution in [1.29, 1.82) is 0 Å². The molecule has 0 bridgehead atoms. The molecule has 7 nitrogen and oxygen atoms in total. The van der Waals surface area contributed by atoms with Crippen LogP contribution in [0, 0.1) is 0 Å². The first-order valence-electron chi connectivity index (χ1n) is 8.69. The molecular weight excluding hydrogens is 394 g/mol. The molecule has 1 amide bonds. The van der Waals surface area contributed by atoms with E-state index >= 15 is 0 Å². The average Bonchev–Trinajstić information content (AvgIpc) is 3.11. The van der Waals surface area contributed by atoms with Gasteiger partial charge in [0.15, 0.2) is 17.3 Å². The Balaban J connectivity index is 2.06. The van der Waals surface area contributed by atoms with E-state index in [-0.39, 0.29) is 17.0 Å². The number of rotatable bonds is 7. The second kappa shape index (κ2) is 8.91. The van der Waals surface area contributed by atoms with Gasteiger partial charge in [-0.15, -0.1) is 0 Å². The van der Waals surface area contributed by atoms with E-state index in [2.05, 4.69) is 5.32 Å². The molecule has 152 valence electrons. The van der Waals surface area contributed by atoms with Gasteiger partial charge in [0, 0.05) is 28.8 Å². The van der Waals surface area contributed by atoms with Crippen molar-refractivity contribution in [2.75, 3.05) is 32.9 Å². The summed E-state index contributed by atoms with van der Waals surface area (Å²) in [6.07, 6.45) is 1.95. The van der Waals surface area contributed by atoms with Gasteiger partial charge in [-0.25, -0.2) is 4.79 Å². The molecule has 0 aliphatic heterocycles. The van der Waals surface area contributed by atoms with Crippen molar-refractivity contribution in [3.05, 3.63) is 53.3 Å². The summed E-state index contributed by atoms with van der Waals surface area (Å²) < 4.78 is 21.2. The Labute approximate surface area is 172 Å². The highest BCUT2D eigenvalue weighted by atomic mass is 32.2. The highest BCUT2D eigenvalue weighted by Gasteiger charge is 2.24. The summed E-state index contributed by atoms with van der Waals surface area (Å²) in [5.74, 6) is 0.432. The monoisotopic (exact) mass is 415 g/mol. The molecule has 1 N–H and O–H groups in total. The minimum Gasteiger partial charge on any atom is -0.493 e. The predicted molar refractivity (Wildman–Crippen MR) is 112 cm³/mol. The lowest BCUT2D eigenvalue weighted by Crippen LogP contribution is -2.16. The first kappa shape index (κ1) is 20.6. The first-order valence-corrected chi connectivity index (χ1v) is 10.1. The molecule has 0 saturated heterocycles. The molecule has 0 unspecified atom stereocenters. The molecule has 0 fully saturated rings. The summed E-state index contributed by atoms with van der Waals surface area (Å²) in [6, 6.07) is 10.4. The molecule has 0 atom stereocenters. The number of methoxy groups -OCH3 is 3. The third kappa shape index (κ3) is 4.02. The summed E-state index contributed by atoms with van der Waals surface area (Å²) in [6.45, 7) is 0. The van der Waals surface area contributed by atoms with Gasteiger partial charge in [-0.2, -0.15) is 11.8 Å². The number of ether oxygens (including phenoxy) is 3. The van der Waals surface area contributed by atoms with Gasteiger partial charge in [-0.3, -0.25) is 4.79 Å². The number of amides is 1. The van der Waals surface area contributed by atoms with Gasteiger partial charge in [-0.1, -0.05) is 18.2 Å². The van der Waals surface area contributed by atoms with Gasteiger partial charge in [-0.05, 0) is 12.3 Å². The Kier molecular flexibility index (Phi) is 6.33. The van der Waals surface area contributed by atoms with Crippen molar-refractivity contribution < 1.29 is 28.2 Å². The molecule has 8 heteroatoms. The minimum atomic E-state index is -0.616. The third-order valence-corrected chi connectivity index (χ3v) is 4.95. The fourth-order valence-electron chi connectivity index (χ4n) is 3.01. The molecule has 29 heavy (non-hydrogen) atoms. The van der Waals surface area contributed by atoms with Crippen molar-refractivity contribution in [3.8, 4) is 11.5 Å². The van der Waals surface area contributed by atoms with Crippen molar-refractivity contribution in [2.45, 2.75) is 5.75 Å². The topological polar surface area (TPSA) is 87.0 Å². The summed E-state index contributed by atoms with van der Waals surface area (Å²) in [4.78, 5) is 25.3. The molecule has 0 aliphatic rings. The van der Waals surface area contributed by atoms with Crippen LogP contribution < -0.4 is 14.8 Å². The van der Waals surface area contributed by atoms with Crippen LogP contribution in [0.1, 0.15) is 26.5 Å². The van der Waals surface area contributed by atoms with Crippen molar-refractivity contribution in [1.82, 2.24) is 0 Å². The molecule has 1 aromatic heterocycles. The van der Waals surface area contributed by atoms with E-state index in [0.717, 1.165) is 10.9 Å². The van der Waals surface area contributed by atoms with Crippen LogP contribution in [0.15, 0.2) is 40.8 Å². The van der Waals surface area contributed by atoms with E-state index in [4.69, 9.17) is 18.6 Å². The number of anilines is 1. The molecule has 0 saturated carbocycles. The van der Waals surface area contributed by atoms with E-state index in [1.54, 1.807) is 11.8 Å². The number of fused-ring (bicyclic) bond motifs is 1. The van der Waals surface area contributed by atoms with Crippen LogP contribution in [0.2, 0.25) is 0 Å². The second-order valence-electron chi connectivity index (χ2n) is 6.04. The van der Waals surface area contributed by atoms with Gasteiger partial charge >= 0.3 is 5.97 Å². The van der Waals surface area contributed by atoms with Crippen LogP contribution in [0.5, 0.6) is 11.5 Å². The Morgan fingerprint density at radius 1 is 1.07 bits per heavy atom. The van der Waals surface area contributed by atoms with Crippen LogP contribution in [-0.4, -0.2) is 39.5 Å². The van der Waals surface area contributed by atoms with E-state index in [1.807, 2.05) is 30.5 Å². The minimum absolute atomic E-state index is 0.140. The number of carbonyl (C=O) groups excluding carboxylic acids is 2. The number of carbonyl (C=O) groups is 2. The molecule has 0 spiro atoms. The molecule has 3 aromatic rings. The van der Waals surface area contributed by atoms with Crippen LogP contribution in [0.4, 0.5) is 5.69 Å². The van der Waals surface area contributed by atoms with Crippen molar-refractivity contribution in [2.24, 2.45) is 0 Å². The number of para-hydroxylation sites is 1. The smallest absolute Gasteiger partial charge is 0.340 e. The zero-order valence-corrected chi connectivity index (χ0v) is 17.3. The lowest BCUT2D eigenvalue weighted by Gasteiger charge is -2.14. The second-order valence-corrected chi connectivity index (χ2v) is 6.90. The summed E-state index contributed by atoms with van der Waals surface area (Å²) in [5.41, 5.74) is 1.80. The van der Waals surface area contributed by atoms with E-state index in [9.17, 15) is 9.59 Å². The normalized spacial score (nSPS) is 10.6. The van der Waals surface area contributed by atoms with Crippen LogP contribution in [0.3, 0.4) is 0 Å². The quantitative estimate of drug-likeness (QED) is 0.574. The molecule has 0 aliphatic carbocycles. The molecule has 2 aromatic carbocycles. The van der Waals surface area contributed by atoms with Gasteiger partial charge in [0.2, 0.25) is 0 Å². The number of nitrogens with one attached hydrogen (secondary N) is 1. The molecular formula is C21H21NO6S. The van der Waals surface area contributed by atoms with Gasteiger partial charge in [0.25, 0.3) is 5.91 Å². The maximum Gasteiger partial charge on any atom is 0.340 e. The van der Waals surface area contributed by atoms with Crippen LogP contribution in [0.25, 0.3) is 11.0 Å². The van der Waals surface area contributed by atoms with Crippen molar-refractivity contribution >= 4 is 40.3 Å². The summed E-state index contributed by atoms with van der Waals surface area (Å²) >= 11 is 1.58. The number of benzene rings is 2. The zero-order valence-electron chi connectivity index (χ0n) is 16.5. The van der Waals surface area contributed by atoms with Crippen LogP contribution in [-0.2, 0) is 10.5 Å². The molecule has 1 heterocycles. The highest BCUT2D eigenvalue weighted by Crippen LogP contribution is 2.35. The summed E-state index contributed by atoms with van der Waals surface area (Å²) in [5, 5.41) is 3.63. The molecule has 0 radical (unpaired) electrons. The van der Waals surface area contributed by atoms with E-state index < -0.39 is 11.9 Å². The Bertz CT molecular complexity index is 1060. The molecule has 3 rings (SSSR count). The van der Waals surface area contributed by atoms with Gasteiger partial charge in [0.05, 0.1) is 32.6 Å². The SMILES string of the molecule is COC(=O)c1cc(OC)c(OC)cc1NC(=O)c1oc2ccccc2c1CSC. The number of esters is 1. The number of thioether (sulfide) groups is 1. The fraction of sp³-hybridized carbons (Fsp3) is 0.238. The predicted octanol–water partition coefficient (Wildman–Crippen LogP) is 4.35. The highest BCUT2D eigenvalue weighted by molar-refractivity contribution is 7.97. The number of furan rings is 1. The van der Waals surface area contributed by atoms with Gasteiger partial charge < -0.3 is 23.9 Å². The lowest BCUT2D eigenvalue weighted by atomic mass is 10.1. The summed E-state index contributed by atoms with van der Waals surface area (Å²) in [7, 11) is 4.19. The Morgan fingerprint density at radius 3 is 2.41 bits per heavy atom. The van der Waals surface area contributed by atoms with Crippen molar-refractivity contribution in [3.63, 3.8) is 0 Å². The standard InChI is InChI=1S/C21H21NO6S/c1-25-17-9-13(21(24)27-3)15(10-18(17)26-2)22-20(23)19-14(11-29-4)12-7-5-6-8-16(12)28-19/h5-10H,11H2,1-4H3,(H,22,23). The average molecular weight is 415 g/mol. The Morgan fingerprint density at radius 2 is 1.76 bits per heavy atom. The number of hydrogen-bond acceptors (Lipinski definition) is 7. The van der Waals surface area contributed by atoms with E-state index in [0.29, 0.717) is 22.8 Å². The maximum atomic E-state index is 13.1. The fourth-order valence-corrected chi connectivity index (χ4v) is 3.59. The van der Waals surface area contributed by atoms with Crippen LogP contribution >= 0.6 is 11.8 Å². The van der Waals surface area contributed by atoms with Gasteiger partial charge in [0.1, 0.15) is 5.58 Å². The third-order valence-electron chi connectivity index (χ3n) is 4.37.